The number of benzene rings is 1. The summed E-state index contributed by atoms with van der Waals surface area (Å²) in [5, 5.41) is 2.78. The van der Waals surface area contributed by atoms with Crippen molar-refractivity contribution in [2.24, 2.45) is 11.1 Å². The largest absolute Gasteiger partial charge is 0.359 e. The molecular formula is C16H24BrN3O. The molecule has 1 aromatic carbocycles. The highest BCUT2D eigenvalue weighted by atomic mass is 79.9. The van der Waals surface area contributed by atoms with E-state index >= 15 is 0 Å². The molecule has 0 radical (unpaired) electrons. The van der Waals surface area contributed by atoms with Gasteiger partial charge in [0.2, 0.25) is 5.91 Å². The van der Waals surface area contributed by atoms with Crippen molar-refractivity contribution >= 4 is 21.8 Å². The molecule has 5 heteroatoms. The molecule has 4 nitrogen and oxygen atoms in total. The maximum Gasteiger partial charge on any atom is 0.227 e. The predicted molar refractivity (Wildman–Crippen MR) is 88.9 cm³/mol. The van der Waals surface area contributed by atoms with Crippen LogP contribution in [0.15, 0.2) is 28.7 Å². The van der Waals surface area contributed by atoms with Gasteiger partial charge in [-0.3, -0.25) is 9.69 Å². The lowest BCUT2D eigenvalue weighted by Crippen LogP contribution is -2.42. The molecule has 1 aliphatic rings. The van der Waals surface area contributed by atoms with E-state index in [0.717, 1.165) is 24.0 Å². The minimum atomic E-state index is -0.322. The number of amides is 1. The summed E-state index contributed by atoms with van der Waals surface area (Å²) in [6.45, 7) is 5.70. The summed E-state index contributed by atoms with van der Waals surface area (Å²) in [5.41, 5.74) is 7.11. The average molecular weight is 354 g/mol. The lowest BCUT2D eigenvalue weighted by atomic mass is 9.88. The van der Waals surface area contributed by atoms with Gasteiger partial charge < -0.3 is 11.1 Å². The standard InChI is InChI=1S/C16H24BrN3O/c1-11(18)14(12-4-6-13(17)7-5-12)20-9-8-16(2,10-20)15(21)19-3/h4-7,11,14H,8-10,18H2,1-3H3,(H,19,21). The lowest BCUT2D eigenvalue weighted by molar-refractivity contribution is -0.129. The Bertz CT molecular complexity index is 503. The Balaban J connectivity index is 2.21. The monoisotopic (exact) mass is 353 g/mol. The Morgan fingerprint density at radius 3 is 2.57 bits per heavy atom. The average Bonchev–Trinajstić information content (AvgIpc) is 2.83. The van der Waals surface area contributed by atoms with Crippen LogP contribution in [0.2, 0.25) is 0 Å². The first kappa shape index (κ1) is 16.5. The number of hydrogen-bond acceptors (Lipinski definition) is 3. The molecule has 1 amide bonds. The van der Waals surface area contributed by atoms with Gasteiger partial charge in [0.25, 0.3) is 0 Å². The minimum absolute atomic E-state index is 0.0122. The fourth-order valence-corrected chi connectivity index (χ4v) is 3.49. The van der Waals surface area contributed by atoms with Gasteiger partial charge in [0, 0.05) is 30.1 Å². The second-order valence-electron chi connectivity index (χ2n) is 6.22. The molecule has 1 fully saturated rings. The first-order chi connectivity index (χ1) is 9.87. The summed E-state index contributed by atoms with van der Waals surface area (Å²) in [6.07, 6.45) is 0.867. The Labute approximate surface area is 135 Å². The molecule has 3 atom stereocenters. The molecule has 0 saturated carbocycles. The van der Waals surface area contributed by atoms with E-state index < -0.39 is 0 Å². The van der Waals surface area contributed by atoms with Crippen LogP contribution in [0.5, 0.6) is 0 Å². The van der Waals surface area contributed by atoms with E-state index in [-0.39, 0.29) is 23.4 Å². The highest BCUT2D eigenvalue weighted by Crippen LogP contribution is 2.36. The number of halogens is 1. The van der Waals surface area contributed by atoms with Gasteiger partial charge in [0.1, 0.15) is 0 Å². The first-order valence-corrected chi connectivity index (χ1v) is 8.14. The highest BCUT2D eigenvalue weighted by Gasteiger charge is 2.42. The third kappa shape index (κ3) is 3.47. The topological polar surface area (TPSA) is 58.4 Å². The molecule has 2 rings (SSSR count). The van der Waals surface area contributed by atoms with Crippen LogP contribution in [-0.2, 0) is 4.79 Å². The predicted octanol–water partition coefficient (Wildman–Crippen LogP) is 2.30. The molecule has 3 N–H and O–H groups in total. The van der Waals surface area contributed by atoms with Crippen molar-refractivity contribution in [3.8, 4) is 0 Å². The fourth-order valence-electron chi connectivity index (χ4n) is 3.23. The summed E-state index contributed by atoms with van der Waals surface area (Å²) >= 11 is 3.46. The van der Waals surface area contributed by atoms with Gasteiger partial charge in [-0.2, -0.15) is 0 Å². The van der Waals surface area contributed by atoms with Gasteiger partial charge >= 0.3 is 0 Å². The normalized spacial score (nSPS) is 25.6. The van der Waals surface area contributed by atoms with Crippen LogP contribution in [0.4, 0.5) is 0 Å². The van der Waals surface area contributed by atoms with E-state index in [9.17, 15) is 4.79 Å². The van der Waals surface area contributed by atoms with Gasteiger partial charge in [0.15, 0.2) is 0 Å². The van der Waals surface area contributed by atoms with E-state index in [2.05, 4.69) is 38.3 Å². The molecule has 21 heavy (non-hydrogen) atoms. The second-order valence-corrected chi connectivity index (χ2v) is 7.13. The number of rotatable bonds is 4. The number of likely N-dealkylation sites (tertiary alicyclic amines) is 1. The summed E-state index contributed by atoms with van der Waals surface area (Å²) in [7, 11) is 1.70. The summed E-state index contributed by atoms with van der Waals surface area (Å²) in [6, 6.07) is 8.45. The van der Waals surface area contributed by atoms with Gasteiger partial charge in [-0.05, 0) is 44.5 Å². The number of nitrogens with zero attached hydrogens (tertiary/aromatic N) is 1. The van der Waals surface area contributed by atoms with E-state index in [1.807, 2.05) is 26.0 Å². The van der Waals surface area contributed by atoms with Gasteiger partial charge in [-0.25, -0.2) is 0 Å². The molecule has 1 aromatic rings. The number of hydrogen-bond donors (Lipinski definition) is 2. The molecule has 1 saturated heterocycles. The zero-order chi connectivity index (χ0) is 15.6. The van der Waals surface area contributed by atoms with Crippen molar-refractivity contribution in [3.05, 3.63) is 34.3 Å². The Morgan fingerprint density at radius 2 is 2.05 bits per heavy atom. The Morgan fingerprint density at radius 1 is 1.43 bits per heavy atom. The summed E-state index contributed by atoms with van der Waals surface area (Å²) in [4.78, 5) is 14.4. The smallest absolute Gasteiger partial charge is 0.227 e. The van der Waals surface area contributed by atoms with Gasteiger partial charge in [-0.1, -0.05) is 28.1 Å². The maximum absolute atomic E-state index is 12.1. The quantitative estimate of drug-likeness (QED) is 0.872. The lowest BCUT2D eigenvalue weighted by Gasteiger charge is -2.32. The fraction of sp³-hybridized carbons (Fsp3) is 0.562. The van der Waals surface area contributed by atoms with Crippen LogP contribution in [0, 0.1) is 5.41 Å². The molecular weight excluding hydrogens is 330 g/mol. The van der Waals surface area contributed by atoms with Crippen molar-refractivity contribution in [2.75, 3.05) is 20.1 Å². The highest BCUT2D eigenvalue weighted by molar-refractivity contribution is 9.10. The molecule has 1 aliphatic heterocycles. The zero-order valence-corrected chi connectivity index (χ0v) is 14.5. The summed E-state index contributed by atoms with van der Waals surface area (Å²) < 4.78 is 1.06. The van der Waals surface area contributed by atoms with Gasteiger partial charge in [0.05, 0.1) is 5.41 Å². The van der Waals surface area contributed by atoms with Crippen LogP contribution < -0.4 is 11.1 Å². The molecule has 0 bridgehead atoms. The van der Waals surface area contributed by atoms with Crippen LogP contribution in [0.3, 0.4) is 0 Å². The molecule has 0 aromatic heterocycles. The van der Waals surface area contributed by atoms with Crippen molar-refractivity contribution < 1.29 is 4.79 Å². The van der Waals surface area contributed by atoms with Crippen LogP contribution >= 0.6 is 15.9 Å². The first-order valence-electron chi connectivity index (χ1n) is 7.34. The van der Waals surface area contributed by atoms with E-state index in [4.69, 9.17) is 5.73 Å². The molecule has 0 spiro atoms. The van der Waals surface area contributed by atoms with Crippen molar-refractivity contribution in [1.29, 1.82) is 0 Å². The summed E-state index contributed by atoms with van der Waals surface area (Å²) in [5.74, 6) is 0.115. The van der Waals surface area contributed by atoms with Crippen molar-refractivity contribution in [3.63, 3.8) is 0 Å². The zero-order valence-electron chi connectivity index (χ0n) is 12.9. The molecule has 116 valence electrons. The number of carbonyl (C=O) groups is 1. The Kier molecular flexibility index (Phi) is 5.07. The molecule has 0 aliphatic carbocycles. The molecule has 3 unspecified atom stereocenters. The second kappa shape index (κ2) is 6.46. The van der Waals surface area contributed by atoms with Gasteiger partial charge in [-0.15, -0.1) is 0 Å². The van der Waals surface area contributed by atoms with Crippen LogP contribution in [0.25, 0.3) is 0 Å². The van der Waals surface area contributed by atoms with Crippen molar-refractivity contribution in [2.45, 2.75) is 32.4 Å². The number of carbonyl (C=O) groups excluding carboxylic acids is 1. The van der Waals surface area contributed by atoms with Crippen LogP contribution in [0.1, 0.15) is 31.9 Å². The minimum Gasteiger partial charge on any atom is -0.359 e. The van der Waals surface area contributed by atoms with E-state index in [0.29, 0.717) is 0 Å². The van der Waals surface area contributed by atoms with E-state index in [1.165, 1.54) is 5.56 Å². The third-order valence-electron chi connectivity index (χ3n) is 4.38. The van der Waals surface area contributed by atoms with Crippen molar-refractivity contribution in [1.82, 2.24) is 10.2 Å². The number of nitrogens with two attached hydrogens (primary N) is 1. The maximum atomic E-state index is 12.1. The third-order valence-corrected chi connectivity index (χ3v) is 4.91. The van der Waals surface area contributed by atoms with E-state index in [1.54, 1.807) is 7.05 Å². The molecule has 1 heterocycles. The number of nitrogens with one attached hydrogen (secondary N) is 1. The van der Waals surface area contributed by atoms with Crippen LogP contribution in [-0.4, -0.2) is 37.0 Å². The SMILES string of the molecule is CNC(=O)C1(C)CCN(C(c2ccc(Br)cc2)C(C)N)C1. The Hall–Kier alpha value is -0.910.